The zero-order valence-electron chi connectivity index (χ0n) is 9.04. The van der Waals surface area contributed by atoms with Gasteiger partial charge in [-0.25, -0.2) is 9.78 Å². The number of aliphatic hydroxyl groups is 1. The van der Waals surface area contributed by atoms with Crippen molar-refractivity contribution in [3.8, 4) is 0 Å². The van der Waals surface area contributed by atoms with E-state index in [1.54, 1.807) is 4.57 Å². The van der Waals surface area contributed by atoms with E-state index in [0.29, 0.717) is 13.1 Å². The minimum atomic E-state index is -1.33. The summed E-state index contributed by atoms with van der Waals surface area (Å²) in [5.74, 6) is -1.95. The summed E-state index contributed by atoms with van der Waals surface area (Å²) in [5, 5.41) is 19.5. The molecular weight excluding hydrogens is 228 g/mol. The van der Waals surface area contributed by atoms with E-state index >= 15 is 0 Å². The van der Waals surface area contributed by atoms with Crippen LogP contribution in [0.1, 0.15) is 10.5 Å². The van der Waals surface area contributed by atoms with Gasteiger partial charge in [-0.15, -0.1) is 0 Å². The quantitative estimate of drug-likeness (QED) is 0.457. The van der Waals surface area contributed by atoms with Crippen LogP contribution in [0.3, 0.4) is 0 Å². The maximum absolute atomic E-state index is 11.5. The summed E-state index contributed by atoms with van der Waals surface area (Å²) in [7, 11) is 0. The molecule has 17 heavy (non-hydrogen) atoms. The lowest BCUT2D eigenvalue weighted by Crippen LogP contribution is -2.43. The smallest absolute Gasteiger partial charge is 0.328 e. The summed E-state index contributed by atoms with van der Waals surface area (Å²) in [5.41, 5.74) is 5.41. The van der Waals surface area contributed by atoms with E-state index in [0.717, 1.165) is 0 Å². The molecule has 1 heterocycles. The van der Waals surface area contributed by atoms with Gasteiger partial charge in [-0.1, -0.05) is 0 Å². The van der Waals surface area contributed by atoms with E-state index in [-0.39, 0.29) is 5.69 Å². The molecule has 94 valence electrons. The van der Waals surface area contributed by atoms with Crippen molar-refractivity contribution in [2.75, 3.05) is 13.2 Å². The molecule has 1 amide bonds. The molecule has 0 fully saturated rings. The average Bonchev–Trinajstić information content (AvgIpc) is 2.74. The third kappa shape index (κ3) is 3.54. The van der Waals surface area contributed by atoms with E-state index in [1.807, 2.05) is 0 Å². The molecule has 0 radical (unpaired) electrons. The molecule has 0 aliphatic rings. The van der Waals surface area contributed by atoms with Crippen LogP contribution in [0.15, 0.2) is 12.5 Å². The molecule has 1 aromatic rings. The highest BCUT2D eigenvalue weighted by Gasteiger charge is 2.20. The first kappa shape index (κ1) is 13.1. The summed E-state index contributed by atoms with van der Waals surface area (Å²) in [6, 6.07) is -1.33. The number of aliphatic carboxylic acids is 1. The Labute approximate surface area is 97.1 Å². The van der Waals surface area contributed by atoms with Crippen molar-refractivity contribution >= 4 is 11.9 Å². The predicted octanol–water partition coefficient (Wildman–Crippen LogP) is -1.98. The lowest BCUT2D eigenvalue weighted by Gasteiger charge is -2.09. The number of amides is 1. The van der Waals surface area contributed by atoms with Crippen LogP contribution in [0, 0.1) is 0 Å². The molecule has 0 aliphatic heterocycles. The minimum absolute atomic E-state index is 0.0816. The third-order valence-corrected chi connectivity index (χ3v) is 2.04. The molecule has 0 aliphatic carbocycles. The minimum Gasteiger partial charge on any atom is -0.480 e. The van der Waals surface area contributed by atoms with Gasteiger partial charge < -0.3 is 25.8 Å². The van der Waals surface area contributed by atoms with Crippen molar-refractivity contribution in [2.24, 2.45) is 5.73 Å². The van der Waals surface area contributed by atoms with Crippen LogP contribution in [0.5, 0.6) is 0 Å². The van der Waals surface area contributed by atoms with Crippen LogP contribution in [-0.2, 0) is 11.3 Å². The van der Waals surface area contributed by atoms with Gasteiger partial charge in [0.05, 0.1) is 12.9 Å². The van der Waals surface area contributed by atoms with Gasteiger partial charge in [0.2, 0.25) is 0 Å². The first-order valence-corrected chi connectivity index (χ1v) is 4.95. The van der Waals surface area contributed by atoms with Crippen molar-refractivity contribution in [1.82, 2.24) is 14.9 Å². The number of nitrogens with zero attached hydrogens (tertiary/aromatic N) is 2. The second-order valence-electron chi connectivity index (χ2n) is 3.33. The molecule has 1 rings (SSSR count). The highest BCUT2D eigenvalue weighted by atomic mass is 16.4. The Morgan fingerprint density at radius 1 is 1.59 bits per heavy atom. The van der Waals surface area contributed by atoms with Crippen LogP contribution in [-0.4, -0.2) is 50.8 Å². The normalized spacial score (nSPS) is 12.1. The van der Waals surface area contributed by atoms with E-state index in [1.165, 1.54) is 12.5 Å². The molecule has 0 saturated carbocycles. The van der Waals surface area contributed by atoms with E-state index < -0.39 is 24.5 Å². The van der Waals surface area contributed by atoms with Crippen molar-refractivity contribution in [1.29, 1.82) is 0 Å². The Morgan fingerprint density at radius 2 is 2.29 bits per heavy atom. The van der Waals surface area contributed by atoms with Gasteiger partial charge in [0, 0.05) is 19.3 Å². The number of carbonyl (C=O) groups excluding carboxylic acids is 1. The number of rotatable bonds is 6. The molecule has 0 spiro atoms. The van der Waals surface area contributed by atoms with Crippen LogP contribution < -0.4 is 11.1 Å². The maximum atomic E-state index is 11.5. The highest BCUT2D eigenvalue weighted by molar-refractivity contribution is 5.94. The Kier molecular flexibility index (Phi) is 4.61. The topological polar surface area (TPSA) is 130 Å². The van der Waals surface area contributed by atoms with E-state index in [2.05, 4.69) is 10.3 Å². The zero-order chi connectivity index (χ0) is 12.8. The van der Waals surface area contributed by atoms with E-state index in [9.17, 15) is 9.59 Å². The monoisotopic (exact) mass is 242 g/mol. The number of carbonyl (C=O) groups is 2. The maximum Gasteiger partial charge on any atom is 0.328 e. The summed E-state index contributed by atoms with van der Waals surface area (Å²) < 4.78 is 1.61. The molecule has 1 aromatic heterocycles. The fourth-order valence-electron chi connectivity index (χ4n) is 1.17. The first-order chi connectivity index (χ1) is 8.08. The number of aliphatic hydroxyl groups excluding tert-OH is 1. The largest absolute Gasteiger partial charge is 0.480 e. The van der Waals surface area contributed by atoms with Gasteiger partial charge in [0.15, 0.2) is 6.04 Å². The van der Waals surface area contributed by atoms with Crippen molar-refractivity contribution in [2.45, 2.75) is 12.6 Å². The number of nitrogens with one attached hydrogen (secondary N) is 1. The van der Waals surface area contributed by atoms with Gasteiger partial charge in [-0.3, -0.25) is 4.79 Å². The summed E-state index contributed by atoms with van der Waals surface area (Å²) in [6.45, 7) is 0.249. The van der Waals surface area contributed by atoms with E-state index in [4.69, 9.17) is 15.9 Å². The van der Waals surface area contributed by atoms with Gasteiger partial charge in [0.25, 0.3) is 5.91 Å². The molecule has 0 unspecified atom stereocenters. The summed E-state index contributed by atoms with van der Waals surface area (Å²) in [6.07, 6.45) is 2.88. The Morgan fingerprint density at radius 3 is 2.82 bits per heavy atom. The first-order valence-electron chi connectivity index (χ1n) is 4.95. The Balaban J connectivity index is 2.65. The number of carboxylic acids is 1. The standard InChI is InChI=1S/C9H14N4O4/c10-1-2-13-3-6(11-5-13)8(15)12-7(4-14)9(16)17/h3,5,7,14H,1-2,4,10H2,(H,12,15)(H,16,17)/t7-/m1/s1. The summed E-state index contributed by atoms with van der Waals surface area (Å²) >= 11 is 0. The fraction of sp³-hybridized carbons (Fsp3) is 0.444. The second kappa shape index (κ2) is 5.97. The second-order valence-corrected chi connectivity index (χ2v) is 3.33. The van der Waals surface area contributed by atoms with Gasteiger partial charge in [-0.05, 0) is 0 Å². The SMILES string of the molecule is NCCn1cnc(C(=O)N[C@H](CO)C(=O)O)c1. The van der Waals surface area contributed by atoms with Crippen LogP contribution in [0.4, 0.5) is 0 Å². The van der Waals surface area contributed by atoms with Gasteiger partial charge in [0.1, 0.15) is 5.69 Å². The van der Waals surface area contributed by atoms with Crippen molar-refractivity contribution in [3.63, 3.8) is 0 Å². The van der Waals surface area contributed by atoms with Crippen LogP contribution in [0.25, 0.3) is 0 Å². The lowest BCUT2D eigenvalue weighted by atomic mass is 10.3. The molecular formula is C9H14N4O4. The molecule has 0 saturated heterocycles. The zero-order valence-corrected chi connectivity index (χ0v) is 9.04. The molecule has 1 atom stereocenters. The Bertz CT molecular complexity index is 403. The lowest BCUT2D eigenvalue weighted by molar-refractivity contribution is -0.140. The van der Waals surface area contributed by atoms with Crippen molar-refractivity contribution in [3.05, 3.63) is 18.2 Å². The van der Waals surface area contributed by atoms with Crippen LogP contribution >= 0.6 is 0 Å². The average molecular weight is 242 g/mol. The highest BCUT2D eigenvalue weighted by Crippen LogP contribution is 1.97. The molecule has 5 N–H and O–H groups in total. The number of carboxylic acid groups (broad SMARTS) is 1. The number of nitrogens with two attached hydrogens (primary N) is 1. The molecule has 0 aromatic carbocycles. The van der Waals surface area contributed by atoms with Crippen molar-refractivity contribution < 1.29 is 19.8 Å². The number of hydrogen-bond acceptors (Lipinski definition) is 5. The number of aromatic nitrogens is 2. The van der Waals surface area contributed by atoms with Gasteiger partial charge in [-0.2, -0.15) is 0 Å². The summed E-state index contributed by atoms with van der Waals surface area (Å²) in [4.78, 5) is 25.9. The number of hydrogen-bond donors (Lipinski definition) is 4. The third-order valence-electron chi connectivity index (χ3n) is 2.04. The van der Waals surface area contributed by atoms with Gasteiger partial charge >= 0.3 is 5.97 Å². The Hall–Kier alpha value is -1.93. The predicted molar refractivity (Wildman–Crippen MR) is 57.3 cm³/mol. The molecule has 8 nitrogen and oxygen atoms in total. The number of imidazole rings is 1. The molecule has 0 bridgehead atoms. The molecule has 8 heteroatoms. The van der Waals surface area contributed by atoms with Crippen LogP contribution in [0.2, 0.25) is 0 Å². The fourth-order valence-corrected chi connectivity index (χ4v) is 1.17.